The van der Waals surface area contributed by atoms with Crippen LogP contribution in [0.1, 0.15) is 23.0 Å². The molecule has 0 saturated carbocycles. The zero-order valence-corrected chi connectivity index (χ0v) is 14.2. The highest BCUT2D eigenvalue weighted by atomic mass is 32.1. The van der Waals surface area contributed by atoms with Gasteiger partial charge in [0.05, 0.1) is 15.1 Å². The summed E-state index contributed by atoms with van der Waals surface area (Å²) in [5, 5.41) is 15.1. The first-order valence-electron chi connectivity index (χ1n) is 7.27. The zero-order chi connectivity index (χ0) is 17.4. The lowest BCUT2D eigenvalue weighted by atomic mass is 10.3. The third-order valence-corrected chi connectivity index (χ3v) is 4.65. The third-order valence-electron chi connectivity index (χ3n) is 3.60. The number of carbonyl (C=O) groups excluding carboxylic acids is 1. The van der Waals surface area contributed by atoms with Crippen LogP contribution in [0.2, 0.25) is 0 Å². The fraction of sp³-hybridized carbons (Fsp3) is 0.267. The Bertz CT molecular complexity index is 1030. The molecule has 0 aliphatic heterocycles. The van der Waals surface area contributed by atoms with Gasteiger partial charge in [-0.2, -0.15) is 10.1 Å². The van der Waals surface area contributed by atoms with Crippen molar-refractivity contribution in [2.75, 3.05) is 0 Å². The molecule has 0 aliphatic rings. The number of amides is 1. The topological polar surface area (TPSA) is 95.3 Å². The SMILES string of the molecule is CCn1c(=NC(=O)c2nn(C)cc2C)sc2cc([N+](=O)[O-])ccc21. The summed E-state index contributed by atoms with van der Waals surface area (Å²) in [5.41, 5.74) is 1.90. The summed E-state index contributed by atoms with van der Waals surface area (Å²) in [6.07, 6.45) is 1.75. The lowest BCUT2D eigenvalue weighted by molar-refractivity contribution is -0.384. The van der Waals surface area contributed by atoms with Gasteiger partial charge in [-0.1, -0.05) is 11.3 Å². The number of rotatable bonds is 3. The smallest absolute Gasteiger partial charge is 0.300 e. The molecule has 9 heteroatoms. The Morgan fingerprint density at radius 3 is 2.79 bits per heavy atom. The number of nitro benzene ring substituents is 1. The van der Waals surface area contributed by atoms with Crippen molar-refractivity contribution in [2.45, 2.75) is 20.4 Å². The molecule has 1 amide bonds. The van der Waals surface area contributed by atoms with E-state index in [4.69, 9.17) is 0 Å². The summed E-state index contributed by atoms with van der Waals surface area (Å²) in [6, 6.07) is 4.64. The molecule has 2 aromatic heterocycles. The highest BCUT2D eigenvalue weighted by molar-refractivity contribution is 7.16. The Morgan fingerprint density at radius 2 is 2.21 bits per heavy atom. The summed E-state index contributed by atoms with van der Waals surface area (Å²) in [7, 11) is 1.74. The van der Waals surface area contributed by atoms with Crippen molar-refractivity contribution in [3.63, 3.8) is 0 Å². The number of fused-ring (bicyclic) bond motifs is 1. The number of thiazole rings is 1. The van der Waals surface area contributed by atoms with Gasteiger partial charge < -0.3 is 4.57 Å². The maximum absolute atomic E-state index is 12.4. The highest BCUT2D eigenvalue weighted by Gasteiger charge is 2.15. The van der Waals surface area contributed by atoms with Crippen molar-refractivity contribution in [3.8, 4) is 0 Å². The molecule has 0 aliphatic carbocycles. The number of non-ortho nitro benzene ring substituents is 1. The van der Waals surface area contributed by atoms with E-state index in [1.54, 1.807) is 30.9 Å². The van der Waals surface area contributed by atoms with E-state index in [1.807, 2.05) is 11.5 Å². The van der Waals surface area contributed by atoms with E-state index >= 15 is 0 Å². The number of nitrogens with zero attached hydrogens (tertiary/aromatic N) is 5. The third kappa shape index (κ3) is 2.73. The Morgan fingerprint density at radius 1 is 1.46 bits per heavy atom. The first-order chi connectivity index (χ1) is 11.4. The van der Waals surface area contributed by atoms with Gasteiger partial charge >= 0.3 is 0 Å². The van der Waals surface area contributed by atoms with Crippen LogP contribution in [-0.4, -0.2) is 25.2 Å². The first-order valence-corrected chi connectivity index (χ1v) is 8.09. The average molecular weight is 345 g/mol. The molecule has 0 atom stereocenters. The number of carbonyl (C=O) groups is 1. The van der Waals surface area contributed by atoms with Gasteiger partial charge in [0.15, 0.2) is 10.5 Å². The molecule has 0 N–H and O–H groups in total. The largest absolute Gasteiger partial charge is 0.317 e. The molecule has 0 fully saturated rings. The second-order valence-corrected chi connectivity index (χ2v) is 6.30. The molecule has 0 spiro atoms. The second kappa shape index (κ2) is 6.00. The summed E-state index contributed by atoms with van der Waals surface area (Å²) >= 11 is 1.25. The first kappa shape index (κ1) is 16.1. The van der Waals surface area contributed by atoms with E-state index in [0.717, 1.165) is 15.8 Å². The minimum Gasteiger partial charge on any atom is -0.317 e. The lowest BCUT2D eigenvalue weighted by Crippen LogP contribution is -2.16. The maximum Gasteiger partial charge on any atom is 0.300 e. The van der Waals surface area contributed by atoms with Gasteiger partial charge in [-0.05, 0) is 19.9 Å². The van der Waals surface area contributed by atoms with Crippen LogP contribution < -0.4 is 4.80 Å². The van der Waals surface area contributed by atoms with Crippen molar-refractivity contribution >= 4 is 33.1 Å². The Balaban J connectivity index is 2.16. The molecule has 124 valence electrons. The van der Waals surface area contributed by atoms with Crippen molar-refractivity contribution in [1.82, 2.24) is 14.3 Å². The second-order valence-electron chi connectivity index (χ2n) is 5.29. The molecule has 8 nitrogen and oxygen atoms in total. The van der Waals surface area contributed by atoms with Gasteiger partial charge in [-0.3, -0.25) is 19.6 Å². The van der Waals surface area contributed by atoms with Crippen LogP contribution in [-0.2, 0) is 13.6 Å². The quantitative estimate of drug-likeness (QED) is 0.538. The molecular weight excluding hydrogens is 330 g/mol. The van der Waals surface area contributed by atoms with E-state index in [1.165, 1.54) is 23.5 Å². The van der Waals surface area contributed by atoms with E-state index in [0.29, 0.717) is 17.0 Å². The summed E-state index contributed by atoms with van der Waals surface area (Å²) in [6.45, 7) is 4.34. The van der Waals surface area contributed by atoms with Crippen LogP contribution in [0.3, 0.4) is 0 Å². The van der Waals surface area contributed by atoms with Crippen molar-refractivity contribution in [3.05, 3.63) is 50.6 Å². The number of nitro groups is 1. The Labute approximate surface area is 140 Å². The Hall–Kier alpha value is -2.81. The van der Waals surface area contributed by atoms with Crippen molar-refractivity contribution in [2.24, 2.45) is 12.0 Å². The summed E-state index contributed by atoms with van der Waals surface area (Å²) in [4.78, 5) is 27.6. The molecule has 1 aromatic carbocycles. The van der Waals surface area contributed by atoms with E-state index in [2.05, 4.69) is 10.1 Å². The van der Waals surface area contributed by atoms with E-state index in [9.17, 15) is 14.9 Å². The van der Waals surface area contributed by atoms with Crippen molar-refractivity contribution in [1.29, 1.82) is 0 Å². The van der Waals surface area contributed by atoms with Crippen LogP contribution in [0, 0.1) is 17.0 Å². The predicted octanol–water partition coefficient (Wildman–Crippen LogP) is 2.41. The van der Waals surface area contributed by atoms with Crippen LogP contribution in [0.4, 0.5) is 5.69 Å². The van der Waals surface area contributed by atoms with E-state index in [-0.39, 0.29) is 5.69 Å². The van der Waals surface area contributed by atoms with Crippen LogP contribution >= 0.6 is 11.3 Å². The molecule has 2 heterocycles. The highest BCUT2D eigenvalue weighted by Crippen LogP contribution is 2.23. The van der Waals surface area contributed by atoms with Gasteiger partial charge in [0, 0.05) is 37.5 Å². The maximum atomic E-state index is 12.4. The summed E-state index contributed by atoms with van der Waals surface area (Å²) in [5.74, 6) is -0.420. The van der Waals surface area contributed by atoms with E-state index < -0.39 is 10.8 Å². The van der Waals surface area contributed by atoms with Gasteiger partial charge in [0.2, 0.25) is 0 Å². The number of hydrogen-bond acceptors (Lipinski definition) is 5. The van der Waals surface area contributed by atoms with Gasteiger partial charge in [-0.25, -0.2) is 0 Å². The van der Waals surface area contributed by atoms with Crippen LogP contribution in [0.15, 0.2) is 29.4 Å². The predicted molar refractivity (Wildman–Crippen MR) is 90.0 cm³/mol. The van der Waals surface area contributed by atoms with Crippen molar-refractivity contribution < 1.29 is 9.72 Å². The van der Waals surface area contributed by atoms with Gasteiger partial charge in [0.1, 0.15) is 0 Å². The fourth-order valence-corrected chi connectivity index (χ4v) is 3.65. The number of hydrogen-bond donors (Lipinski definition) is 0. The molecule has 0 radical (unpaired) electrons. The fourth-order valence-electron chi connectivity index (χ4n) is 2.52. The lowest BCUT2D eigenvalue weighted by Gasteiger charge is -1.99. The minimum atomic E-state index is -0.436. The standard InChI is InChI=1S/C15H15N5O3S/c1-4-19-11-6-5-10(20(22)23)7-12(11)24-15(19)16-14(21)13-9(2)8-18(3)17-13/h5-8H,4H2,1-3H3. The molecule has 3 aromatic rings. The normalized spacial score (nSPS) is 12.0. The monoisotopic (exact) mass is 345 g/mol. The Kier molecular flexibility index (Phi) is 4.02. The van der Waals surface area contributed by atoms with Gasteiger partial charge in [-0.15, -0.1) is 0 Å². The molecule has 0 bridgehead atoms. The average Bonchev–Trinajstić information content (AvgIpc) is 3.05. The minimum absolute atomic E-state index is 0.0189. The molecular formula is C15H15N5O3S. The molecule has 0 unspecified atom stereocenters. The van der Waals surface area contributed by atoms with Crippen LogP contribution in [0.5, 0.6) is 0 Å². The number of aromatic nitrogens is 3. The zero-order valence-electron chi connectivity index (χ0n) is 13.4. The number of aryl methyl sites for hydroxylation is 3. The molecule has 24 heavy (non-hydrogen) atoms. The van der Waals surface area contributed by atoms with Crippen LogP contribution in [0.25, 0.3) is 10.2 Å². The molecule has 0 saturated heterocycles. The summed E-state index contributed by atoms with van der Waals surface area (Å²) < 4.78 is 4.15. The number of benzene rings is 1. The van der Waals surface area contributed by atoms with Gasteiger partial charge in [0.25, 0.3) is 11.6 Å². The molecule has 3 rings (SSSR count).